The van der Waals surface area contributed by atoms with Crippen molar-refractivity contribution in [3.8, 4) is 0 Å². The van der Waals surface area contributed by atoms with E-state index in [0.717, 1.165) is 36.3 Å². The second kappa shape index (κ2) is 6.30. The van der Waals surface area contributed by atoms with Crippen LogP contribution in [0.15, 0.2) is 24.3 Å². The van der Waals surface area contributed by atoms with E-state index in [4.69, 9.17) is 11.6 Å². The number of hydrogen-bond acceptors (Lipinski definition) is 5. The third-order valence-corrected chi connectivity index (χ3v) is 4.09. The molecule has 0 aliphatic carbocycles. The van der Waals surface area contributed by atoms with Crippen LogP contribution >= 0.6 is 11.6 Å². The molecule has 2 heterocycles. The van der Waals surface area contributed by atoms with E-state index >= 15 is 0 Å². The summed E-state index contributed by atoms with van der Waals surface area (Å²) in [6.45, 7) is 2.95. The standard InChI is InChI=1S/C14H19ClN6/c1-20-14(17-18-19-20)21-8-2-3-11(10-21)9-16-13-6-4-12(15)5-7-13/h4-7,11,16H,2-3,8-10H2,1H3/t11-/m1/s1. The molecule has 1 aliphatic heterocycles. The lowest BCUT2D eigenvalue weighted by atomic mass is 9.98. The van der Waals surface area contributed by atoms with Crippen molar-refractivity contribution < 1.29 is 0 Å². The SMILES string of the molecule is Cn1nnnc1N1CCC[C@H](CNc2ccc(Cl)cc2)C1. The minimum atomic E-state index is 0.589. The second-order valence-electron chi connectivity index (χ2n) is 5.44. The molecule has 2 aromatic rings. The molecule has 6 nitrogen and oxygen atoms in total. The number of aryl methyl sites for hydroxylation is 1. The number of nitrogens with zero attached hydrogens (tertiary/aromatic N) is 5. The number of rotatable bonds is 4. The number of tetrazole rings is 1. The van der Waals surface area contributed by atoms with Crippen molar-refractivity contribution in [1.29, 1.82) is 0 Å². The van der Waals surface area contributed by atoms with Crippen molar-refractivity contribution >= 4 is 23.2 Å². The smallest absolute Gasteiger partial charge is 0.245 e. The van der Waals surface area contributed by atoms with E-state index in [1.165, 1.54) is 12.8 Å². The Kier molecular flexibility index (Phi) is 4.24. The number of anilines is 2. The molecular formula is C14H19ClN6. The fourth-order valence-corrected chi connectivity index (χ4v) is 2.86. The highest BCUT2D eigenvalue weighted by atomic mass is 35.5. The minimum Gasteiger partial charge on any atom is -0.385 e. The van der Waals surface area contributed by atoms with Gasteiger partial charge in [0.15, 0.2) is 0 Å². The highest BCUT2D eigenvalue weighted by Gasteiger charge is 2.23. The van der Waals surface area contributed by atoms with Gasteiger partial charge in [0.25, 0.3) is 0 Å². The molecule has 1 aromatic carbocycles. The summed E-state index contributed by atoms with van der Waals surface area (Å²) in [5, 5.41) is 16.0. The molecule has 21 heavy (non-hydrogen) atoms. The van der Waals surface area contributed by atoms with Gasteiger partial charge in [0.05, 0.1) is 0 Å². The number of aromatic nitrogens is 4. The predicted molar refractivity (Wildman–Crippen MR) is 83.7 cm³/mol. The Hall–Kier alpha value is -1.82. The minimum absolute atomic E-state index is 0.589. The number of hydrogen-bond donors (Lipinski definition) is 1. The van der Waals surface area contributed by atoms with Crippen molar-refractivity contribution in [3.63, 3.8) is 0 Å². The quantitative estimate of drug-likeness (QED) is 0.938. The molecule has 1 aromatic heterocycles. The van der Waals surface area contributed by atoms with Gasteiger partial charge in [-0.15, -0.1) is 0 Å². The Morgan fingerprint density at radius 1 is 1.33 bits per heavy atom. The van der Waals surface area contributed by atoms with Crippen LogP contribution in [0.5, 0.6) is 0 Å². The van der Waals surface area contributed by atoms with E-state index in [1.807, 2.05) is 31.3 Å². The Morgan fingerprint density at radius 3 is 2.86 bits per heavy atom. The van der Waals surface area contributed by atoms with Gasteiger partial charge in [0.1, 0.15) is 0 Å². The van der Waals surface area contributed by atoms with Crippen molar-refractivity contribution in [3.05, 3.63) is 29.3 Å². The zero-order valence-electron chi connectivity index (χ0n) is 12.0. The molecule has 1 fully saturated rings. The predicted octanol–water partition coefficient (Wildman–Crippen LogP) is 2.19. The maximum absolute atomic E-state index is 5.90. The first-order valence-corrected chi connectivity index (χ1v) is 7.57. The maximum atomic E-state index is 5.90. The number of nitrogens with one attached hydrogen (secondary N) is 1. The Morgan fingerprint density at radius 2 is 2.14 bits per heavy atom. The molecule has 0 bridgehead atoms. The second-order valence-corrected chi connectivity index (χ2v) is 5.88. The summed E-state index contributed by atoms with van der Waals surface area (Å²) in [5.74, 6) is 1.44. The summed E-state index contributed by atoms with van der Waals surface area (Å²) in [7, 11) is 1.88. The van der Waals surface area contributed by atoms with Gasteiger partial charge in [0, 0.05) is 37.4 Å². The normalized spacial score (nSPS) is 18.8. The van der Waals surface area contributed by atoms with Gasteiger partial charge in [-0.1, -0.05) is 16.7 Å². The number of halogens is 1. The summed E-state index contributed by atoms with van der Waals surface area (Å²) in [6, 6.07) is 7.83. The Bertz CT molecular complexity index is 581. The molecule has 0 saturated carbocycles. The molecule has 1 atom stereocenters. The lowest BCUT2D eigenvalue weighted by Gasteiger charge is -2.32. The van der Waals surface area contributed by atoms with Gasteiger partial charge in [-0.3, -0.25) is 0 Å². The molecule has 0 unspecified atom stereocenters. The van der Waals surface area contributed by atoms with E-state index in [0.29, 0.717) is 5.92 Å². The van der Waals surface area contributed by atoms with Gasteiger partial charge in [-0.05, 0) is 53.5 Å². The topological polar surface area (TPSA) is 58.9 Å². The van der Waals surface area contributed by atoms with Crippen LogP contribution in [-0.4, -0.2) is 39.8 Å². The largest absolute Gasteiger partial charge is 0.385 e. The highest BCUT2D eigenvalue weighted by Crippen LogP contribution is 2.21. The first-order valence-electron chi connectivity index (χ1n) is 7.19. The van der Waals surface area contributed by atoms with Crippen molar-refractivity contribution in [1.82, 2.24) is 20.2 Å². The Balaban J connectivity index is 1.56. The fourth-order valence-electron chi connectivity index (χ4n) is 2.74. The van der Waals surface area contributed by atoms with Crippen LogP contribution in [0.4, 0.5) is 11.6 Å². The van der Waals surface area contributed by atoms with Crippen molar-refractivity contribution in [2.75, 3.05) is 29.9 Å². The monoisotopic (exact) mass is 306 g/mol. The van der Waals surface area contributed by atoms with Crippen LogP contribution < -0.4 is 10.2 Å². The van der Waals surface area contributed by atoms with Crippen molar-refractivity contribution in [2.45, 2.75) is 12.8 Å². The summed E-state index contributed by atoms with van der Waals surface area (Å²) in [6.07, 6.45) is 2.39. The summed E-state index contributed by atoms with van der Waals surface area (Å²) in [4.78, 5) is 2.26. The molecule has 0 spiro atoms. The average molecular weight is 307 g/mol. The molecule has 1 saturated heterocycles. The maximum Gasteiger partial charge on any atom is 0.245 e. The van der Waals surface area contributed by atoms with Gasteiger partial charge in [0.2, 0.25) is 5.95 Å². The average Bonchev–Trinajstić information content (AvgIpc) is 2.93. The van der Waals surface area contributed by atoms with E-state index < -0.39 is 0 Å². The molecule has 0 amide bonds. The molecular weight excluding hydrogens is 288 g/mol. The fraction of sp³-hybridized carbons (Fsp3) is 0.500. The van der Waals surface area contributed by atoms with Gasteiger partial charge < -0.3 is 10.2 Å². The summed E-state index contributed by atoms with van der Waals surface area (Å²) >= 11 is 5.90. The van der Waals surface area contributed by atoms with Crippen LogP contribution in [0.1, 0.15) is 12.8 Å². The molecule has 1 aliphatic rings. The zero-order chi connectivity index (χ0) is 14.7. The number of piperidine rings is 1. The summed E-state index contributed by atoms with van der Waals surface area (Å²) < 4.78 is 1.73. The first kappa shape index (κ1) is 14.1. The van der Waals surface area contributed by atoms with Crippen LogP contribution in [-0.2, 0) is 7.05 Å². The number of benzene rings is 1. The van der Waals surface area contributed by atoms with E-state index in [2.05, 4.69) is 25.7 Å². The van der Waals surface area contributed by atoms with Gasteiger partial charge in [-0.25, -0.2) is 4.68 Å². The molecule has 112 valence electrons. The van der Waals surface area contributed by atoms with Gasteiger partial charge >= 0.3 is 0 Å². The lowest BCUT2D eigenvalue weighted by Crippen LogP contribution is -2.39. The van der Waals surface area contributed by atoms with E-state index in [-0.39, 0.29) is 0 Å². The Labute approximate surface area is 129 Å². The first-order chi connectivity index (χ1) is 10.2. The lowest BCUT2D eigenvalue weighted by molar-refractivity contribution is 0.424. The highest BCUT2D eigenvalue weighted by molar-refractivity contribution is 6.30. The van der Waals surface area contributed by atoms with E-state index in [9.17, 15) is 0 Å². The third-order valence-electron chi connectivity index (χ3n) is 3.84. The van der Waals surface area contributed by atoms with E-state index in [1.54, 1.807) is 4.68 Å². The molecule has 7 heteroatoms. The van der Waals surface area contributed by atoms with Crippen LogP contribution in [0.3, 0.4) is 0 Å². The third kappa shape index (κ3) is 3.44. The van der Waals surface area contributed by atoms with Crippen molar-refractivity contribution in [2.24, 2.45) is 13.0 Å². The molecule has 1 N–H and O–H groups in total. The summed E-state index contributed by atoms with van der Waals surface area (Å²) in [5.41, 5.74) is 1.11. The van der Waals surface area contributed by atoms with Crippen LogP contribution in [0, 0.1) is 5.92 Å². The zero-order valence-corrected chi connectivity index (χ0v) is 12.8. The van der Waals surface area contributed by atoms with Crippen LogP contribution in [0.2, 0.25) is 5.02 Å². The van der Waals surface area contributed by atoms with Crippen LogP contribution in [0.25, 0.3) is 0 Å². The molecule has 3 rings (SSSR count). The van der Waals surface area contributed by atoms with Gasteiger partial charge in [-0.2, -0.15) is 0 Å². The molecule has 0 radical (unpaired) electrons.